The molecule has 0 spiro atoms. The number of hydrogen-bond donors (Lipinski definition) is 1. The van der Waals surface area contributed by atoms with Crippen LogP contribution >= 0.6 is 11.6 Å². The molecule has 0 fully saturated rings. The van der Waals surface area contributed by atoms with Crippen molar-refractivity contribution in [2.24, 2.45) is 0 Å². The smallest absolute Gasteiger partial charge is 0.243 e. The average molecular weight is 326 g/mol. The summed E-state index contributed by atoms with van der Waals surface area (Å²) in [5, 5.41) is 7.52. The summed E-state index contributed by atoms with van der Waals surface area (Å²) >= 11 is 5.83. The monoisotopic (exact) mass is 325 g/mol. The van der Waals surface area contributed by atoms with E-state index in [-0.39, 0.29) is 10.9 Å². The van der Waals surface area contributed by atoms with E-state index in [9.17, 15) is 8.42 Å². The number of benzene rings is 1. The molecule has 3 rings (SSSR count). The highest BCUT2D eigenvalue weighted by molar-refractivity contribution is 7.89. The van der Waals surface area contributed by atoms with Crippen molar-refractivity contribution in [3.63, 3.8) is 0 Å². The summed E-state index contributed by atoms with van der Waals surface area (Å²) in [6.45, 7) is 2.44. The SMILES string of the molecule is CCC1c2cn[nH]c2CCN1S(=O)(=O)c1ccc(Cl)cc1. The minimum absolute atomic E-state index is 0.173. The molecule has 0 saturated carbocycles. The van der Waals surface area contributed by atoms with E-state index in [1.54, 1.807) is 34.8 Å². The summed E-state index contributed by atoms with van der Waals surface area (Å²) in [4.78, 5) is 0.275. The van der Waals surface area contributed by atoms with Gasteiger partial charge in [0.15, 0.2) is 0 Å². The van der Waals surface area contributed by atoms with Gasteiger partial charge in [-0.1, -0.05) is 18.5 Å². The van der Waals surface area contributed by atoms with E-state index in [1.165, 1.54) is 0 Å². The van der Waals surface area contributed by atoms with Gasteiger partial charge in [-0.3, -0.25) is 5.10 Å². The Labute approximate surface area is 129 Å². The van der Waals surface area contributed by atoms with Crippen LogP contribution in [0, 0.1) is 0 Å². The van der Waals surface area contributed by atoms with Crippen LogP contribution in [0.25, 0.3) is 0 Å². The van der Waals surface area contributed by atoms with Gasteiger partial charge in [0.1, 0.15) is 0 Å². The number of rotatable bonds is 3. The molecule has 2 aromatic rings. The predicted molar refractivity (Wildman–Crippen MR) is 80.7 cm³/mol. The van der Waals surface area contributed by atoms with Gasteiger partial charge < -0.3 is 0 Å². The Bertz CT molecular complexity index is 740. The Hall–Kier alpha value is -1.37. The Morgan fingerprint density at radius 1 is 1.38 bits per heavy atom. The molecule has 1 unspecified atom stereocenters. The lowest BCUT2D eigenvalue weighted by atomic mass is 10.00. The molecule has 1 aromatic carbocycles. The first-order valence-corrected chi connectivity index (χ1v) is 8.65. The van der Waals surface area contributed by atoms with Crippen LogP contribution in [0.3, 0.4) is 0 Å². The third-order valence-corrected chi connectivity index (χ3v) is 6.02. The maximum absolute atomic E-state index is 12.9. The Morgan fingerprint density at radius 3 is 2.76 bits per heavy atom. The number of fused-ring (bicyclic) bond motifs is 1. The highest BCUT2D eigenvalue weighted by Crippen LogP contribution is 2.35. The molecule has 1 atom stereocenters. The van der Waals surface area contributed by atoms with Crippen molar-refractivity contribution in [2.75, 3.05) is 6.54 Å². The van der Waals surface area contributed by atoms with Gasteiger partial charge in [-0.2, -0.15) is 9.40 Å². The first-order chi connectivity index (χ1) is 10.0. The molecule has 7 heteroatoms. The standard InChI is InChI=1S/C14H16ClN3O2S/c1-2-14-12-9-16-17-13(12)7-8-18(14)21(19,20)11-5-3-10(15)4-6-11/h3-6,9,14H,2,7-8H2,1H3,(H,16,17). The van der Waals surface area contributed by atoms with Crippen LogP contribution in [0.2, 0.25) is 5.02 Å². The lowest BCUT2D eigenvalue weighted by molar-refractivity contribution is 0.300. The summed E-state index contributed by atoms with van der Waals surface area (Å²) in [5.74, 6) is 0. The van der Waals surface area contributed by atoms with Crippen LogP contribution in [-0.2, 0) is 16.4 Å². The number of H-pyrrole nitrogens is 1. The highest BCUT2D eigenvalue weighted by Gasteiger charge is 2.36. The lowest BCUT2D eigenvalue weighted by Crippen LogP contribution is -2.39. The fourth-order valence-corrected chi connectivity index (χ4v) is 4.60. The highest BCUT2D eigenvalue weighted by atomic mass is 35.5. The van der Waals surface area contributed by atoms with Crippen LogP contribution < -0.4 is 0 Å². The molecule has 1 aliphatic heterocycles. The lowest BCUT2D eigenvalue weighted by Gasteiger charge is -2.33. The van der Waals surface area contributed by atoms with Gasteiger partial charge in [-0.15, -0.1) is 0 Å². The van der Waals surface area contributed by atoms with E-state index in [4.69, 9.17) is 11.6 Å². The number of aromatic amines is 1. The Morgan fingerprint density at radius 2 is 2.10 bits per heavy atom. The summed E-state index contributed by atoms with van der Waals surface area (Å²) < 4.78 is 27.3. The van der Waals surface area contributed by atoms with E-state index in [0.717, 1.165) is 11.3 Å². The fourth-order valence-electron chi connectivity index (χ4n) is 2.80. The molecule has 1 aromatic heterocycles. The van der Waals surface area contributed by atoms with Crippen molar-refractivity contribution < 1.29 is 8.42 Å². The minimum atomic E-state index is -3.53. The Kier molecular flexibility index (Phi) is 3.77. The van der Waals surface area contributed by atoms with Gasteiger partial charge in [0.05, 0.1) is 17.1 Å². The number of nitrogens with zero attached hydrogens (tertiary/aromatic N) is 2. The molecule has 2 heterocycles. The van der Waals surface area contributed by atoms with E-state index in [1.807, 2.05) is 6.92 Å². The van der Waals surface area contributed by atoms with E-state index in [2.05, 4.69) is 10.2 Å². The third kappa shape index (κ3) is 2.47. The average Bonchev–Trinajstić information content (AvgIpc) is 2.95. The van der Waals surface area contributed by atoms with Gasteiger partial charge in [-0.05, 0) is 30.7 Å². The zero-order valence-electron chi connectivity index (χ0n) is 11.6. The number of aromatic nitrogens is 2. The molecule has 21 heavy (non-hydrogen) atoms. The van der Waals surface area contributed by atoms with Crippen LogP contribution in [0.5, 0.6) is 0 Å². The second-order valence-corrected chi connectivity index (χ2v) is 7.37. The molecule has 1 aliphatic rings. The van der Waals surface area contributed by atoms with Crippen molar-refractivity contribution in [1.29, 1.82) is 0 Å². The van der Waals surface area contributed by atoms with Crippen LogP contribution in [0.15, 0.2) is 35.4 Å². The van der Waals surface area contributed by atoms with Gasteiger partial charge in [0, 0.05) is 29.2 Å². The van der Waals surface area contributed by atoms with Crippen LogP contribution in [0.1, 0.15) is 30.6 Å². The van der Waals surface area contributed by atoms with E-state index < -0.39 is 10.0 Å². The number of sulfonamides is 1. The summed E-state index contributed by atoms with van der Waals surface area (Å²) in [6.07, 6.45) is 3.09. The number of hydrogen-bond acceptors (Lipinski definition) is 3. The maximum Gasteiger partial charge on any atom is 0.243 e. The van der Waals surface area contributed by atoms with Crippen molar-refractivity contribution in [3.8, 4) is 0 Å². The second-order valence-electron chi connectivity index (χ2n) is 5.05. The molecular weight excluding hydrogens is 310 g/mol. The van der Waals surface area contributed by atoms with Crippen molar-refractivity contribution in [2.45, 2.75) is 30.7 Å². The van der Waals surface area contributed by atoms with Crippen molar-refractivity contribution in [3.05, 3.63) is 46.7 Å². The van der Waals surface area contributed by atoms with Gasteiger partial charge in [0.25, 0.3) is 0 Å². The minimum Gasteiger partial charge on any atom is -0.282 e. The molecule has 112 valence electrons. The molecule has 0 aliphatic carbocycles. The van der Waals surface area contributed by atoms with Crippen LogP contribution in [-0.4, -0.2) is 29.5 Å². The van der Waals surface area contributed by atoms with E-state index in [0.29, 0.717) is 24.4 Å². The molecule has 0 amide bonds. The van der Waals surface area contributed by atoms with E-state index >= 15 is 0 Å². The number of halogens is 1. The molecule has 5 nitrogen and oxygen atoms in total. The molecular formula is C14H16ClN3O2S. The molecule has 0 saturated heterocycles. The van der Waals surface area contributed by atoms with Crippen LogP contribution in [0.4, 0.5) is 0 Å². The molecule has 1 N–H and O–H groups in total. The first kappa shape index (κ1) is 14.6. The Balaban J connectivity index is 2.01. The van der Waals surface area contributed by atoms with Gasteiger partial charge in [-0.25, -0.2) is 8.42 Å². The second kappa shape index (κ2) is 5.44. The molecule has 0 bridgehead atoms. The zero-order valence-corrected chi connectivity index (χ0v) is 13.2. The zero-order chi connectivity index (χ0) is 15.0. The summed E-state index contributed by atoms with van der Waals surface area (Å²) in [5.41, 5.74) is 2.01. The van der Waals surface area contributed by atoms with Gasteiger partial charge >= 0.3 is 0 Å². The van der Waals surface area contributed by atoms with Gasteiger partial charge in [0.2, 0.25) is 10.0 Å². The number of nitrogens with one attached hydrogen (secondary N) is 1. The summed E-state index contributed by atoms with van der Waals surface area (Å²) in [6, 6.07) is 6.13. The maximum atomic E-state index is 12.9. The predicted octanol–water partition coefficient (Wildman–Crippen LogP) is 2.76. The third-order valence-electron chi connectivity index (χ3n) is 3.85. The van der Waals surface area contributed by atoms with Crippen molar-refractivity contribution >= 4 is 21.6 Å². The fraction of sp³-hybridized carbons (Fsp3) is 0.357. The largest absolute Gasteiger partial charge is 0.282 e. The summed E-state index contributed by atoms with van der Waals surface area (Å²) in [7, 11) is -3.53. The topological polar surface area (TPSA) is 66.1 Å². The quantitative estimate of drug-likeness (QED) is 0.943. The first-order valence-electron chi connectivity index (χ1n) is 6.83. The normalized spacial score (nSPS) is 19.4. The van der Waals surface area contributed by atoms with Crippen molar-refractivity contribution in [1.82, 2.24) is 14.5 Å². The molecule has 0 radical (unpaired) electrons.